The molecule has 56 valence electrons. The molecule has 3 N–H and O–H groups in total. The first-order valence-electron chi connectivity index (χ1n) is 3.06. The van der Waals surface area contributed by atoms with Gasteiger partial charge in [0.2, 0.25) is 0 Å². The molecule has 0 saturated carbocycles. The number of rotatable bonds is 1. The van der Waals surface area contributed by atoms with Crippen molar-refractivity contribution in [3.05, 3.63) is 17.8 Å². The van der Waals surface area contributed by atoms with E-state index in [2.05, 4.69) is 15.2 Å². The van der Waals surface area contributed by atoms with Gasteiger partial charge in [-0.1, -0.05) is 0 Å². The lowest BCUT2D eigenvalue weighted by Crippen LogP contribution is -1.84. The number of aromatic amines is 1. The summed E-state index contributed by atoms with van der Waals surface area (Å²) in [6.07, 6.45) is 1.47. The maximum absolute atomic E-state index is 5.65. The second kappa shape index (κ2) is 2.35. The maximum atomic E-state index is 5.65. The van der Waals surface area contributed by atoms with Crippen LogP contribution < -0.4 is 5.73 Å². The minimum atomic E-state index is 0.734. The molecule has 11 heavy (non-hydrogen) atoms. The predicted molar refractivity (Wildman–Crippen MR) is 44.1 cm³/mol. The number of anilines is 1. The first kappa shape index (κ1) is 6.36. The van der Waals surface area contributed by atoms with Gasteiger partial charge in [0.05, 0.1) is 10.6 Å². The summed E-state index contributed by atoms with van der Waals surface area (Å²) in [5, 5.41) is 8.41. The van der Waals surface area contributed by atoms with Crippen LogP contribution in [0.3, 0.4) is 0 Å². The molecule has 0 atom stereocenters. The van der Waals surface area contributed by atoms with Gasteiger partial charge >= 0.3 is 0 Å². The van der Waals surface area contributed by atoms with Crippen LogP contribution in [-0.2, 0) is 0 Å². The first-order valence-corrected chi connectivity index (χ1v) is 3.94. The molecule has 2 heterocycles. The minimum Gasteiger partial charge on any atom is -0.397 e. The second-order valence-electron chi connectivity index (χ2n) is 2.04. The first-order chi connectivity index (χ1) is 5.38. The Balaban J connectivity index is 2.53. The summed E-state index contributed by atoms with van der Waals surface area (Å²) in [5.74, 6) is 0.734. The van der Waals surface area contributed by atoms with Crippen molar-refractivity contribution in [2.75, 3.05) is 5.73 Å². The van der Waals surface area contributed by atoms with Crippen molar-refractivity contribution >= 4 is 17.0 Å². The van der Waals surface area contributed by atoms with E-state index in [9.17, 15) is 0 Å². The highest BCUT2D eigenvalue weighted by molar-refractivity contribution is 7.14. The number of hydrogen-bond acceptors (Lipinski definition) is 4. The fourth-order valence-corrected chi connectivity index (χ4v) is 1.59. The fraction of sp³-hybridized carbons (Fsp3) is 0. The molecule has 0 fully saturated rings. The van der Waals surface area contributed by atoms with Crippen molar-refractivity contribution in [1.29, 1.82) is 0 Å². The molecule has 2 rings (SSSR count). The van der Waals surface area contributed by atoms with Gasteiger partial charge in [-0.2, -0.15) is 5.10 Å². The quantitative estimate of drug-likeness (QED) is 0.667. The normalized spacial score (nSPS) is 10.2. The van der Waals surface area contributed by atoms with Crippen LogP contribution in [0.1, 0.15) is 0 Å². The Morgan fingerprint density at radius 2 is 2.45 bits per heavy atom. The highest BCUT2D eigenvalue weighted by Crippen LogP contribution is 2.27. The van der Waals surface area contributed by atoms with Crippen LogP contribution in [0.4, 0.5) is 5.69 Å². The number of H-pyrrole nitrogens is 1. The van der Waals surface area contributed by atoms with E-state index in [1.165, 1.54) is 6.33 Å². The lowest BCUT2D eigenvalue weighted by atomic mass is 10.4. The summed E-state index contributed by atoms with van der Waals surface area (Å²) < 4.78 is 0. The fourth-order valence-electron chi connectivity index (χ4n) is 0.827. The average Bonchev–Trinajstić information content (AvgIpc) is 2.55. The Morgan fingerprint density at radius 3 is 3.00 bits per heavy atom. The van der Waals surface area contributed by atoms with Gasteiger partial charge in [-0.25, -0.2) is 4.98 Å². The van der Waals surface area contributed by atoms with E-state index in [-0.39, 0.29) is 0 Å². The third-order valence-electron chi connectivity index (χ3n) is 1.33. The third-order valence-corrected chi connectivity index (χ3v) is 2.26. The van der Waals surface area contributed by atoms with Crippen molar-refractivity contribution in [2.24, 2.45) is 0 Å². The van der Waals surface area contributed by atoms with E-state index < -0.39 is 0 Å². The lowest BCUT2D eigenvalue weighted by Gasteiger charge is -1.90. The molecular weight excluding hydrogens is 160 g/mol. The molecule has 0 aliphatic rings. The molecule has 5 heteroatoms. The van der Waals surface area contributed by atoms with Crippen molar-refractivity contribution in [3.8, 4) is 10.7 Å². The summed E-state index contributed by atoms with van der Waals surface area (Å²) >= 11 is 1.55. The van der Waals surface area contributed by atoms with Crippen LogP contribution in [0.15, 0.2) is 17.8 Å². The molecular formula is C6H6N4S. The van der Waals surface area contributed by atoms with Gasteiger partial charge in [0.15, 0.2) is 5.82 Å². The van der Waals surface area contributed by atoms with Gasteiger partial charge in [0.25, 0.3) is 0 Å². The summed E-state index contributed by atoms with van der Waals surface area (Å²) in [6.45, 7) is 0. The highest BCUT2D eigenvalue weighted by atomic mass is 32.1. The summed E-state index contributed by atoms with van der Waals surface area (Å²) in [6, 6.07) is 1.85. The van der Waals surface area contributed by atoms with E-state index in [1.807, 2.05) is 11.4 Å². The van der Waals surface area contributed by atoms with Crippen LogP contribution >= 0.6 is 11.3 Å². The zero-order valence-corrected chi connectivity index (χ0v) is 6.43. The molecule has 0 unspecified atom stereocenters. The number of nitrogens with one attached hydrogen (secondary N) is 1. The van der Waals surface area contributed by atoms with Gasteiger partial charge < -0.3 is 5.73 Å². The number of hydrogen-bond donors (Lipinski definition) is 2. The number of thiophene rings is 1. The molecule has 0 spiro atoms. The van der Waals surface area contributed by atoms with Crippen molar-refractivity contribution in [2.45, 2.75) is 0 Å². The number of nitrogens with zero attached hydrogens (tertiary/aromatic N) is 2. The van der Waals surface area contributed by atoms with Crippen LogP contribution in [0.25, 0.3) is 10.7 Å². The maximum Gasteiger partial charge on any atom is 0.167 e. The van der Waals surface area contributed by atoms with Gasteiger partial charge in [0.1, 0.15) is 6.33 Å². The molecule has 0 radical (unpaired) electrons. The lowest BCUT2D eigenvalue weighted by molar-refractivity contribution is 1.10. The zero-order chi connectivity index (χ0) is 7.68. The van der Waals surface area contributed by atoms with Gasteiger partial charge in [0, 0.05) is 0 Å². The summed E-state index contributed by atoms with van der Waals surface area (Å²) in [7, 11) is 0. The molecule has 0 aliphatic carbocycles. The van der Waals surface area contributed by atoms with Gasteiger partial charge in [-0.05, 0) is 11.4 Å². The van der Waals surface area contributed by atoms with Gasteiger partial charge in [-0.15, -0.1) is 11.3 Å². The molecule has 2 aromatic rings. The standard InChI is InChI=1S/C6H6N4S/c7-4-1-2-11-5(4)6-8-3-9-10-6/h1-3H,7H2,(H,8,9,10). The van der Waals surface area contributed by atoms with Crippen LogP contribution in [0.2, 0.25) is 0 Å². The largest absolute Gasteiger partial charge is 0.397 e. The second-order valence-corrected chi connectivity index (χ2v) is 2.96. The van der Waals surface area contributed by atoms with Crippen molar-refractivity contribution in [3.63, 3.8) is 0 Å². The number of nitrogens with two attached hydrogens (primary N) is 1. The number of aromatic nitrogens is 3. The molecule has 0 bridgehead atoms. The Bertz CT molecular complexity index is 337. The highest BCUT2D eigenvalue weighted by Gasteiger charge is 2.05. The smallest absolute Gasteiger partial charge is 0.167 e. The zero-order valence-electron chi connectivity index (χ0n) is 5.61. The van der Waals surface area contributed by atoms with Crippen molar-refractivity contribution < 1.29 is 0 Å². The third kappa shape index (κ3) is 0.988. The molecule has 0 aliphatic heterocycles. The van der Waals surface area contributed by atoms with Crippen molar-refractivity contribution in [1.82, 2.24) is 15.2 Å². The Hall–Kier alpha value is -1.36. The Labute approximate surface area is 67.1 Å². The van der Waals surface area contributed by atoms with E-state index in [4.69, 9.17) is 5.73 Å². The Kier molecular flexibility index (Phi) is 1.36. The summed E-state index contributed by atoms with van der Waals surface area (Å²) in [5.41, 5.74) is 6.40. The molecule has 2 aromatic heterocycles. The van der Waals surface area contributed by atoms with Crippen LogP contribution in [-0.4, -0.2) is 15.2 Å². The monoisotopic (exact) mass is 166 g/mol. The summed E-state index contributed by atoms with van der Waals surface area (Å²) in [4.78, 5) is 4.93. The Morgan fingerprint density at radius 1 is 1.55 bits per heavy atom. The molecule has 0 amide bonds. The average molecular weight is 166 g/mol. The topological polar surface area (TPSA) is 67.6 Å². The van der Waals surface area contributed by atoms with Crippen LogP contribution in [0, 0.1) is 0 Å². The van der Waals surface area contributed by atoms with E-state index in [0.717, 1.165) is 16.4 Å². The van der Waals surface area contributed by atoms with Gasteiger partial charge in [-0.3, -0.25) is 5.10 Å². The van der Waals surface area contributed by atoms with E-state index in [0.29, 0.717) is 0 Å². The predicted octanol–water partition coefficient (Wildman–Crippen LogP) is 1.12. The van der Waals surface area contributed by atoms with E-state index in [1.54, 1.807) is 11.3 Å². The molecule has 0 aromatic carbocycles. The molecule has 0 saturated heterocycles. The van der Waals surface area contributed by atoms with Crippen LogP contribution in [0.5, 0.6) is 0 Å². The minimum absolute atomic E-state index is 0.734. The molecule has 4 nitrogen and oxygen atoms in total. The number of nitrogen functional groups attached to an aromatic ring is 1. The van der Waals surface area contributed by atoms with E-state index >= 15 is 0 Å². The SMILES string of the molecule is Nc1ccsc1-c1ncn[nH]1.